The molecule has 0 saturated carbocycles. The van der Waals surface area contributed by atoms with Crippen molar-refractivity contribution in [1.29, 1.82) is 0 Å². The fourth-order valence-electron chi connectivity index (χ4n) is 2.65. The summed E-state index contributed by atoms with van der Waals surface area (Å²) in [5.74, 6) is 0.644. The third kappa shape index (κ3) is 2.44. The van der Waals surface area contributed by atoms with Gasteiger partial charge in [0.1, 0.15) is 0 Å². The Hall–Kier alpha value is -3.06. The van der Waals surface area contributed by atoms with E-state index in [0.717, 1.165) is 5.69 Å². The maximum Gasteiger partial charge on any atom is 0.261 e. The summed E-state index contributed by atoms with van der Waals surface area (Å²) in [5, 5.41) is 7.64. The lowest BCUT2D eigenvalue weighted by Crippen LogP contribution is -2.22. The number of benzene rings is 2. The maximum absolute atomic E-state index is 12.6. The second kappa shape index (κ2) is 5.86. The molecule has 0 atom stereocenters. The molecule has 24 heavy (non-hydrogen) atoms. The van der Waals surface area contributed by atoms with Gasteiger partial charge in [0, 0.05) is 5.69 Å². The predicted molar refractivity (Wildman–Crippen MR) is 93.9 cm³/mol. The number of rotatable bonds is 3. The van der Waals surface area contributed by atoms with Crippen molar-refractivity contribution >= 4 is 23.1 Å². The fraction of sp³-hybridized carbons (Fsp3) is 0.0588. The Kier molecular flexibility index (Phi) is 3.55. The number of hydrogen-bond acceptors (Lipinski definition) is 4. The van der Waals surface area contributed by atoms with Gasteiger partial charge in [-0.05, 0) is 36.5 Å². The van der Waals surface area contributed by atoms with Crippen LogP contribution in [0.25, 0.3) is 16.6 Å². The summed E-state index contributed by atoms with van der Waals surface area (Å²) in [5.41, 5.74) is 1.47. The highest BCUT2D eigenvalue weighted by molar-refractivity contribution is 7.71. The lowest BCUT2D eigenvalue weighted by atomic mass is 10.2. The number of nitrogens with zero attached hydrogens (tertiary/aromatic N) is 4. The molecule has 0 aliphatic carbocycles. The SMILES string of the molecule is O=c1c2ccccc2ncn1Cc1n[nH]c(=S)n1-c1ccccc1. The van der Waals surface area contributed by atoms with Crippen molar-refractivity contribution in [3.8, 4) is 5.69 Å². The van der Waals surface area contributed by atoms with Crippen LogP contribution in [0.15, 0.2) is 65.7 Å². The topological polar surface area (TPSA) is 68.5 Å². The monoisotopic (exact) mass is 335 g/mol. The van der Waals surface area contributed by atoms with Crippen molar-refractivity contribution in [3.05, 3.63) is 81.9 Å². The molecule has 2 aromatic heterocycles. The number of fused-ring (bicyclic) bond motifs is 1. The first-order valence-corrected chi connectivity index (χ1v) is 7.81. The number of nitrogens with one attached hydrogen (secondary N) is 1. The van der Waals surface area contributed by atoms with E-state index in [4.69, 9.17) is 12.2 Å². The van der Waals surface area contributed by atoms with Gasteiger partial charge < -0.3 is 0 Å². The van der Waals surface area contributed by atoms with Crippen molar-refractivity contribution in [2.75, 3.05) is 0 Å². The quantitative estimate of drug-likeness (QED) is 0.585. The van der Waals surface area contributed by atoms with Crippen LogP contribution in [0.1, 0.15) is 5.82 Å². The standard InChI is InChI=1S/C17H13N5OS/c23-16-13-8-4-5-9-14(13)18-11-21(16)10-15-19-20-17(24)22(15)12-6-2-1-3-7-12/h1-9,11H,10H2,(H,20,24). The Morgan fingerprint density at radius 2 is 1.79 bits per heavy atom. The van der Waals surface area contributed by atoms with E-state index < -0.39 is 0 Å². The molecule has 0 bridgehead atoms. The van der Waals surface area contributed by atoms with Crippen molar-refractivity contribution in [1.82, 2.24) is 24.3 Å². The van der Waals surface area contributed by atoms with E-state index in [1.807, 2.05) is 53.1 Å². The minimum absolute atomic E-state index is 0.103. The van der Waals surface area contributed by atoms with E-state index in [9.17, 15) is 4.79 Å². The molecule has 118 valence electrons. The highest BCUT2D eigenvalue weighted by Gasteiger charge is 2.11. The molecule has 1 N–H and O–H groups in total. The zero-order chi connectivity index (χ0) is 16.5. The van der Waals surface area contributed by atoms with Crippen LogP contribution >= 0.6 is 12.2 Å². The van der Waals surface area contributed by atoms with Crippen LogP contribution in [0.3, 0.4) is 0 Å². The third-order valence-corrected chi connectivity index (χ3v) is 4.07. The Labute approximate surface area is 142 Å². The van der Waals surface area contributed by atoms with E-state index >= 15 is 0 Å². The molecule has 0 amide bonds. The molecule has 4 aromatic rings. The number of H-pyrrole nitrogens is 1. The van der Waals surface area contributed by atoms with Gasteiger partial charge in [-0.1, -0.05) is 30.3 Å². The lowest BCUT2D eigenvalue weighted by molar-refractivity contribution is 0.691. The Bertz CT molecular complexity index is 1130. The first kappa shape index (κ1) is 14.5. The predicted octanol–water partition coefficient (Wildman–Crippen LogP) is 2.69. The Morgan fingerprint density at radius 1 is 1.04 bits per heavy atom. The molecule has 7 heteroatoms. The first-order chi connectivity index (χ1) is 11.7. The van der Waals surface area contributed by atoms with Crippen LogP contribution < -0.4 is 5.56 Å². The van der Waals surface area contributed by atoms with E-state index in [0.29, 0.717) is 21.5 Å². The number of aromatic nitrogens is 5. The number of hydrogen-bond donors (Lipinski definition) is 1. The summed E-state index contributed by atoms with van der Waals surface area (Å²) in [6, 6.07) is 17.0. The van der Waals surface area contributed by atoms with E-state index in [2.05, 4.69) is 15.2 Å². The molecule has 0 saturated heterocycles. The van der Waals surface area contributed by atoms with E-state index in [-0.39, 0.29) is 12.1 Å². The molecule has 2 aromatic carbocycles. The normalized spacial score (nSPS) is 11.0. The van der Waals surface area contributed by atoms with Gasteiger partial charge in [0.05, 0.1) is 23.8 Å². The Balaban J connectivity index is 1.82. The molecule has 2 heterocycles. The highest BCUT2D eigenvalue weighted by Crippen LogP contribution is 2.12. The van der Waals surface area contributed by atoms with Crippen LogP contribution in [0.5, 0.6) is 0 Å². The maximum atomic E-state index is 12.6. The molecule has 4 rings (SSSR count). The second-order valence-electron chi connectivity index (χ2n) is 5.31. The zero-order valence-corrected chi connectivity index (χ0v) is 13.4. The van der Waals surface area contributed by atoms with Crippen LogP contribution in [-0.2, 0) is 6.54 Å². The van der Waals surface area contributed by atoms with E-state index in [1.165, 1.54) is 10.9 Å². The van der Waals surface area contributed by atoms with Crippen LogP contribution in [0.2, 0.25) is 0 Å². The lowest BCUT2D eigenvalue weighted by Gasteiger charge is -2.09. The van der Waals surface area contributed by atoms with Gasteiger partial charge in [-0.3, -0.25) is 19.0 Å². The zero-order valence-electron chi connectivity index (χ0n) is 12.6. The minimum Gasteiger partial charge on any atom is -0.291 e. The number of aromatic amines is 1. The summed E-state index contributed by atoms with van der Waals surface area (Å²) in [4.78, 5) is 17.0. The van der Waals surface area contributed by atoms with Crippen molar-refractivity contribution in [2.24, 2.45) is 0 Å². The van der Waals surface area contributed by atoms with Gasteiger partial charge in [-0.15, -0.1) is 0 Å². The third-order valence-electron chi connectivity index (χ3n) is 3.80. The van der Waals surface area contributed by atoms with E-state index in [1.54, 1.807) is 6.07 Å². The largest absolute Gasteiger partial charge is 0.291 e. The smallest absolute Gasteiger partial charge is 0.261 e. The van der Waals surface area contributed by atoms with Gasteiger partial charge in [0.15, 0.2) is 10.6 Å². The molecule has 0 spiro atoms. The van der Waals surface area contributed by atoms with Gasteiger partial charge in [0.25, 0.3) is 5.56 Å². The molecule has 0 aliphatic heterocycles. The minimum atomic E-state index is -0.103. The summed E-state index contributed by atoms with van der Waals surface area (Å²) >= 11 is 5.32. The first-order valence-electron chi connectivity index (χ1n) is 7.40. The molecule has 0 aliphatic rings. The second-order valence-corrected chi connectivity index (χ2v) is 5.70. The van der Waals surface area contributed by atoms with Crippen LogP contribution in [-0.4, -0.2) is 24.3 Å². The van der Waals surface area contributed by atoms with Gasteiger partial charge in [-0.25, -0.2) is 4.98 Å². The highest BCUT2D eigenvalue weighted by atomic mass is 32.1. The molecular weight excluding hydrogens is 322 g/mol. The van der Waals surface area contributed by atoms with Gasteiger partial charge in [0.2, 0.25) is 0 Å². The summed E-state index contributed by atoms with van der Waals surface area (Å²) in [6.07, 6.45) is 1.54. The Morgan fingerprint density at radius 3 is 2.62 bits per heavy atom. The average molecular weight is 335 g/mol. The van der Waals surface area contributed by atoms with Crippen molar-refractivity contribution in [2.45, 2.75) is 6.54 Å². The van der Waals surface area contributed by atoms with Gasteiger partial charge in [-0.2, -0.15) is 5.10 Å². The van der Waals surface area contributed by atoms with Crippen LogP contribution in [0.4, 0.5) is 0 Å². The average Bonchev–Trinajstić information content (AvgIpc) is 2.99. The summed E-state index contributed by atoms with van der Waals surface area (Å²) in [7, 11) is 0. The van der Waals surface area contributed by atoms with Gasteiger partial charge >= 0.3 is 0 Å². The molecule has 0 fully saturated rings. The molecule has 6 nitrogen and oxygen atoms in total. The summed E-state index contributed by atoms with van der Waals surface area (Å²) in [6.45, 7) is 0.276. The molecular formula is C17H13N5OS. The molecule has 0 unspecified atom stereocenters. The number of para-hydroxylation sites is 2. The fourth-order valence-corrected chi connectivity index (χ4v) is 2.91. The summed E-state index contributed by atoms with van der Waals surface area (Å²) < 4.78 is 3.84. The van der Waals surface area contributed by atoms with Crippen LogP contribution in [0, 0.1) is 4.77 Å². The van der Waals surface area contributed by atoms with Crippen molar-refractivity contribution < 1.29 is 0 Å². The molecule has 0 radical (unpaired) electrons. The van der Waals surface area contributed by atoms with Crippen molar-refractivity contribution in [3.63, 3.8) is 0 Å².